The Morgan fingerprint density at radius 2 is 2.04 bits per heavy atom. The predicted molar refractivity (Wildman–Crippen MR) is 87.7 cm³/mol. The summed E-state index contributed by atoms with van der Waals surface area (Å²) in [5, 5.41) is 2.21. The standard InChI is InChI=1S/C18H20N2O4/c21-16-11-15(24-19-16)8-9-17(22)20-10-4-7-14(12-20)18(23)13-5-2-1-3-6-13/h1-3,5-6,11,14H,4,7-10,12H2,(H,19,21). The fourth-order valence-electron chi connectivity index (χ4n) is 3.09. The number of carbonyl (C=O) groups excluding carboxylic acids is 2. The lowest BCUT2D eigenvalue weighted by molar-refractivity contribution is -0.132. The highest BCUT2D eigenvalue weighted by molar-refractivity contribution is 5.98. The molecule has 1 amide bonds. The van der Waals surface area contributed by atoms with Gasteiger partial charge in [-0.25, -0.2) is 0 Å². The van der Waals surface area contributed by atoms with E-state index in [1.165, 1.54) is 6.07 Å². The van der Waals surface area contributed by atoms with Crippen LogP contribution in [-0.2, 0) is 11.2 Å². The summed E-state index contributed by atoms with van der Waals surface area (Å²) in [5.41, 5.74) is 0.398. The van der Waals surface area contributed by atoms with Crippen LogP contribution in [0.3, 0.4) is 0 Å². The molecule has 3 rings (SSSR count). The van der Waals surface area contributed by atoms with E-state index in [0.29, 0.717) is 30.8 Å². The summed E-state index contributed by atoms with van der Waals surface area (Å²) in [6.07, 6.45) is 2.29. The topological polar surface area (TPSA) is 83.4 Å². The first kappa shape index (κ1) is 16.2. The van der Waals surface area contributed by atoms with E-state index in [2.05, 4.69) is 5.16 Å². The fourth-order valence-corrected chi connectivity index (χ4v) is 3.09. The Kier molecular flexibility index (Phi) is 4.93. The maximum Gasteiger partial charge on any atom is 0.280 e. The van der Waals surface area contributed by atoms with Gasteiger partial charge in [-0.3, -0.25) is 14.4 Å². The molecule has 1 unspecified atom stereocenters. The lowest BCUT2D eigenvalue weighted by Crippen LogP contribution is -2.42. The summed E-state index contributed by atoms with van der Waals surface area (Å²) in [6.45, 7) is 1.14. The van der Waals surface area contributed by atoms with Crippen molar-refractivity contribution in [2.75, 3.05) is 13.1 Å². The number of aromatic nitrogens is 1. The van der Waals surface area contributed by atoms with Gasteiger partial charge >= 0.3 is 0 Å². The number of carbonyl (C=O) groups is 2. The average molecular weight is 328 g/mol. The molecule has 2 heterocycles. The third kappa shape index (κ3) is 3.82. The molecule has 0 saturated carbocycles. The molecule has 1 aromatic heterocycles. The van der Waals surface area contributed by atoms with Gasteiger partial charge in [0.1, 0.15) is 5.76 Å². The lowest BCUT2D eigenvalue weighted by atomic mass is 9.90. The molecule has 1 saturated heterocycles. The van der Waals surface area contributed by atoms with Crippen molar-refractivity contribution < 1.29 is 14.1 Å². The van der Waals surface area contributed by atoms with Gasteiger partial charge in [-0.05, 0) is 12.8 Å². The Labute approximate surface area is 139 Å². The number of piperidine rings is 1. The van der Waals surface area contributed by atoms with Crippen molar-refractivity contribution in [3.05, 3.63) is 58.1 Å². The average Bonchev–Trinajstić information content (AvgIpc) is 3.05. The minimum Gasteiger partial charge on any atom is -0.384 e. The van der Waals surface area contributed by atoms with E-state index in [4.69, 9.17) is 4.52 Å². The number of likely N-dealkylation sites (tertiary alicyclic amines) is 1. The monoisotopic (exact) mass is 328 g/mol. The number of nitrogens with zero attached hydrogens (tertiary/aromatic N) is 1. The van der Waals surface area contributed by atoms with Gasteiger partial charge in [0.05, 0.1) is 0 Å². The van der Waals surface area contributed by atoms with Crippen molar-refractivity contribution in [1.82, 2.24) is 10.1 Å². The lowest BCUT2D eigenvalue weighted by Gasteiger charge is -2.32. The van der Waals surface area contributed by atoms with Crippen molar-refractivity contribution >= 4 is 11.7 Å². The van der Waals surface area contributed by atoms with Crippen molar-refractivity contribution in [2.24, 2.45) is 5.92 Å². The zero-order chi connectivity index (χ0) is 16.9. The molecule has 1 aliphatic heterocycles. The van der Waals surface area contributed by atoms with Crippen LogP contribution in [0.5, 0.6) is 0 Å². The molecular weight excluding hydrogens is 308 g/mol. The van der Waals surface area contributed by atoms with Gasteiger partial charge in [0.25, 0.3) is 5.56 Å². The van der Waals surface area contributed by atoms with E-state index in [0.717, 1.165) is 12.8 Å². The Hall–Kier alpha value is -2.63. The highest BCUT2D eigenvalue weighted by atomic mass is 16.5. The zero-order valence-corrected chi connectivity index (χ0v) is 13.4. The van der Waals surface area contributed by atoms with Crippen LogP contribution in [-0.4, -0.2) is 34.8 Å². The molecule has 2 aromatic rings. The zero-order valence-electron chi connectivity index (χ0n) is 13.4. The first-order chi connectivity index (χ1) is 11.6. The number of rotatable bonds is 5. The van der Waals surface area contributed by atoms with Crippen LogP contribution >= 0.6 is 0 Å². The largest absolute Gasteiger partial charge is 0.384 e. The van der Waals surface area contributed by atoms with Crippen LogP contribution in [0.15, 0.2) is 45.7 Å². The number of H-pyrrole nitrogens is 1. The molecule has 126 valence electrons. The van der Waals surface area contributed by atoms with E-state index in [-0.39, 0.29) is 29.6 Å². The molecule has 0 radical (unpaired) electrons. The number of Topliss-reactive ketones (excluding diaryl/α,β-unsaturated/α-hetero) is 1. The maximum absolute atomic E-state index is 12.6. The number of hydrogen-bond donors (Lipinski definition) is 1. The summed E-state index contributed by atoms with van der Waals surface area (Å²) in [7, 11) is 0. The van der Waals surface area contributed by atoms with Crippen LogP contribution < -0.4 is 5.56 Å². The summed E-state index contributed by atoms with van der Waals surface area (Å²) in [6, 6.07) is 10.6. The van der Waals surface area contributed by atoms with Crippen molar-refractivity contribution in [1.29, 1.82) is 0 Å². The van der Waals surface area contributed by atoms with Crippen LogP contribution in [0.25, 0.3) is 0 Å². The summed E-state index contributed by atoms with van der Waals surface area (Å²) in [4.78, 5) is 37.7. The van der Waals surface area contributed by atoms with Crippen LogP contribution in [0, 0.1) is 5.92 Å². The molecule has 6 nitrogen and oxygen atoms in total. The number of ketones is 1. The molecular formula is C18H20N2O4. The van der Waals surface area contributed by atoms with Crippen molar-refractivity contribution in [2.45, 2.75) is 25.7 Å². The summed E-state index contributed by atoms with van der Waals surface area (Å²) < 4.78 is 4.96. The number of aromatic amines is 1. The highest BCUT2D eigenvalue weighted by Gasteiger charge is 2.28. The first-order valence-corrected chi connectivity index (χ1v) is 8.18. The number of aryl methyl sites for hydroxylation is 1. The smallest absolute Gasteiger partial charge is 0.280 e. The van der Waals surface area contributed by atoms with E-state index in [1.54, 1.807) is 4.90 Å². The number of benzene rings is 1. The van der Waals surface area contributed by atoms with Crippen LogP contribution in [0.4, 0.5) is 0 Å². The Balaban J connectivity index is 1.57. The normalized spacial score (nSPS) is 17.7. The number of hydrogen-bond acceptors (Lipinski definition) is 4. The quantitative estimate of drug-likeness (QED) is 0.851. The van der Waals surface area contributed by atoms with Crippen molar-refractivity contribution in [3.8, 4) is 0 Å². The van der Waals surface area contributed by atoms with Gasteiger partial charge < -0.3 is 9.42 Å². The molecule has 1 fully saturated rings. The van der Waals surface area contributed by atoms with E-state index in [9.17, 15) is 14.4 Å². The minimum absolute atomic E-state index is 0.00980. The van der Waals surface area contributed by atoms with Gasteiger partial charge in [0.15, 0.2) is 5.78 Å². The van der Waals surface area contributed by atoms with E-state index in [1.807, 2.05) is 30.3 Å². The Morgan fingerprint density at radius 1 is 1.25 bits per heavy atom. The number of nitrogens with one attached hydrogen (secondary N) is 1. The van der Waals surface area contributed by atoms with E-state index >= 15 is 0 Å². The number of amides is 1. The molecule has 0 aliphatic carbocycles. The second kappa shape index (κ2) is 7.29. The Morgan fingerprint density at radius 3 is 2.75 bits per heavy atom. The third-order valence-corrected chi connectivity index (χ3v) is 4.36. The van der Waals surface area contributed by atoms with E-state index < -0.39 is 0 Å². The van der Waals surface area contributed by atoms with Gasteiger partial charge in [-0.2, -0.15) is 5.16 Å². The Bertz CT molecular complexity index is 763. The predicted octanol–water partition coefficient (Wildman–Crippen LogP) is 2.02. The third-order valence-electron chi connectivity index (χ3n) is 4.36. The van der Waals surface area contributed by atoms with Gasteiger partial charge in [0, 0.05) is 43.5 Å². The highest BCUT2D eigenvalue weighted by Crippen LogP contribution is 2.21. The van der Waals surface area contributed by atoms with Gasteiger partial charge in [-0.15, -0.1) is 0 Å². The van der Waals surface area contributed by atoms with Gasteiger partial charge in [0.2, 0.25) is 5.91 Å². The molecule has 6 heteroatoms. The molecule has 24 heavy (non-hydrogen) atoms. The summed E-state index contributed by atoms with van der Waals surface area (Å²) in [5.74, 6) is 0.423. The molecule has 0 bridgehead atoms. The first-order valence-electron chi connectivity index (χ1n) is 8.18. The van der Waals surface area contributed by atoms with Crippen LogP contribution in [0.1, 0.15) is 35.4 Å². The molecule has 1 aliphatic rings. The van der Waals surface area contributed by atoms with Crippen molar-refractivity contribution in [3.63, 3.8) is 0 Å². The molecule has 0 spiro atoms. The fraction of sp³-hybridized carbons (Fsp3) is 0.389. The van der Waals surface area contributed by atoms with Gasteiger partial charge in [-0.1, -0.05) is 30.3 Å². The molecule has 1 atom stereocenters. The SMILES string of the molecule is O=C(c1ccccc1)C1CCCN(C(=O)CCc2cc(=O)[nH]o2)C1. The second-order valence-corrected chi connectivity index (χ2v) is 6.09. The molecule has 1 aromatic carbocycles. The minimum atomic E-state index is -0.302. The maximum atomic E-state index is 12.6. The second-order valence-electron chi connectivity index (χ2n) is 6.09. The van der Waals surface area contributed by atoms with Crippen LogP contribution in [0.2, 0.25) is 0 Å². The summed E-state index contributed by atoms with van der Waals surface area (Å²) >= 11 is 0. The molecule has 1 N–H and O–H groups in total.